The maximum Gasteiger partial charge on any atom is 0.129 e. The standard InChI is InChI=1S/C10H13ClFN.ClH/c1-2-4-9(13)10-7(11)5-3-6-8(10)12;/h3,5-6,9H,2,4,13H2,1H3;1H/t9-;/m0./s1. The molecular weight excluding hydrogens is 224 g/mol. The van der Waals surface area contributed by atoms with E-state index in [4.69, 9.17) is 17.3 Å². The number of benzene rings is 1. The van der Waals surface area contributed by atoms with E-state index in [0.29, 0.717) is 10.6 Å². The molecule has 0 saturated carbocycles. The van der Waals surface area contributed by atoms with Crippen LogP contribution in [0, 0.1) is 5.82 Å². The molecule has 1 aromatic carbocycles. The lowest BCUT2D eigenvalue weighted by atomic mass is 10.0. The van der Waals surface area contributed by atoms with Crippen LogP contribution < -0.4 is 5.73 Å². The summed E-state index contributed by atoms with van der Waals surface area (Å²) >= 11 is 5.84. The van der Waals surface area contributed by atoms with Gasteiger partial charge in [0.1, 0.15) is 5.82 Å². The first kappa shape index (κ1) is 13.7. The fraction of sp³-hybridized carbons (Fsp3) is 0.400. The van der Waals surface area contributed by atoms with Crippen LogP contribution in [0.15, 0.2) is 18.2 Å². The van der Waals surface area contributed by atoms with E-state index in [1.54, 1.807) is 12.1 Å². The summed E-state index contributed by atoms with van der Waals surface area (Å²) in [7, 11) is 0. The van der Waals surface area contributed by atoms with Gasteiger partial charge in [0, 0.05) is 16.6 Å². The molecule has 0 heterocycles. The van der Waals surface area contributed by atoms with E-state index in [1.165, 1.54) is 6.07 Å². The van der Waals surface area contributed by atoms with Gasteiger partial charge in [-0.3, -0.25) is 0 Å². The van der Waals surface area contributed by atoms with Crippen molar-refractivity contribution in [3.63, 3.8) is 0 Å². The Morgan fingerprint density at radius 3 is 2.64 bits per heavy atom. The Morgan fingerprint density at radius 2 is 2.14 bits per heavy atom. The van der Waals surface area contributed by atoms with E-state index in [9.17, 15) is 4.39 Å². The summed E-state index contributed by atoms with van der Waals surface area (Å²) < 4.78 is 13.3. The lowest BCUT2D eigenvalue weighted by Crippen LogP contribution is -2.12. The topological polar surface area (TPSA) is 26.0 Å². The SMILES string of the molecule is CCC[C@H](N)c1c(F)cccc1Cl.Cl. The van der Waals surface area contributed by atoms with Crippen molar-refractivity contribution < 1.29 is 4.39 Å². The number of halogens is 3. The average Bonchev–Trinajstić information content (AvgIpc) is 2.04. The number of nitrogens with two attached hydrogens (primary N) is 1. The van der Waals surface area contributed by atoms with Gasteiger partial charge in [0.05, 0.1) is 0 Å². The smallest absolute Gasteiger partial charge is 0.129 e. The average molecular weight is 238 g/mol. The molecule has 0 spiro atoms. The number of hydrogen-bond donors (Lipinski definition) is 1. The fourth-order valence-electron chi connectivity index (χ4n) is 1.32. The first-order valence-electron chi connectivity index (χ1n) is 4.36. The Bertz CT molecular complexity index is 271. The van der Waals surface area contributed by atoms with E-state index in [-0.39, 0.29) is 24.3 Å². The maximum atomic E-state index is 13.3. The lowest BCUT2D eigenvalue weighted by Gasteiger charge is -2.13. The predicted octanol–water partition coefficient (Wildman–Crippen LogP) is 3.70. The third-order valence-corrected chi connectivity index (χ3v) is 2.30. The zero-order chi connectivity index (χ0) is 9.84. The third-order valence-electron chi connectivity index (χ3n) is 1.97. The first-order valence-corrected chi connectivity index (χ1v) is 4.74. The van der Waals surface area contributed by atoms with Crippen LogP contribution >= 0.6 is 24.0 Å². The predicted molar refractivity (Wildman–Crippen MR) is 60.5 cm³/mol. The van der Waals surface area contributed by atoms with Crippen LogP contribution in [0.5, 0.6) is 0 Å². The van der Waals surface area contributed by atoms with Gasteiger partial charge in [-0.05, 0) is 18.6 Å². The monoisotopic (exact) mass is 237 g/mol. The number of rotatable bonds is 3. The van der Waals surface area contributed by atoms with E-state index in [0.717, 1.165) is 12.8 Å². The molecule has 0 amide bonds. The fourth-order valence-corrected chi connectivity index (χ4v) is 1.62. The zero-order valence-corrected chi connectivity index (χ0v) is 9.54. The first-order chi connectivity index (χ1) is 6.16. The van der Waals surface area contributed by atoms with Crippen molar-refractivity contribution in [2.75, 3.05) is 0 Å². The van der Waals surface area contributed by atoms with Gasteiger partial charge in [-0.1, -0.05) is 31.0 Å². The summed E-state index contributed by atoms with van der Waals surface area (Å²) in [6.45, 7) is 2.01. The summed E-state index contributed by atoms with van der Waals surface area (Å²) in [5, 5.41) is 0.418. The molecule has 1 aromatic rings. The van der Waals surface area contributed by atoms with Gasteiger partial charge in [-0.2, -0.15) is 0 Å². The van der Waals surface area contributed by atoms with Crippen molar-refractivity contribution in [3.05, 3.63) is 34.6 Å². The molecular formula is C10H14Cl2FN. The molecule has 0 fully saturated rings. The summed E-state index contributed by atoms with van der Waals surface area (Å²) in [5.74, 6) is -0.312. The summed E-state index contributed by atoms with van der Waals surface area (Å²) in [4.78, 5) is 0. The molecule has 0 aliphatic carbocycles. The van der Waals surface area contributed by atoms with Crippen LogP contribution in [0.4, 0.5) is 4.39 Å². The molecule has 0 radical (unpaired) electrons. The Kier molecular flexibility index (Phi) is 6.09. The summed E-state index contributed by atoms with van der Waals surface area (Å²) in [6.07, 6.45) is 1.67. The largest absolute Gasteiger partial charge is 0.324 e. The maximum absolute atomic E-state index is 13.3. The molecule has 0 bridgehead atoms. The highest BCUT2D eigenvalue weighted by Crippen LogP contribution is 2.26. The molecule has 0 aliphatic rings. The Hall–Kier alpha value is -0.310. The van der Waals surface area contributed by atoms with Gasteiger partial charge >= 0.3 is 0 Å². The van der Waals surface area contributed by atoms with E-state index in [2.05, 4.69) is 0 Å². The highest BCUT2D eigenvalue weighted by atomic mass is 35.5. The van der Waals surface area contributed by atoms with Gasteiger partial charge in [-0.15, -0.1) is 12.4 Å². The quantitative estimate of drug-likeness (QED) is 0.853. The molecule has 0 unspecified atom stereocenters. The molecule has 0 aromatic heterocycles. The molecule has 80 valence electrons. The summed E-state index contributed by atoms with van der Waals surface area (Å²) in [6, 6.07) is 4.34. The number of hydrogen-bond acceptors (Lipinski definition) is 1. The van der Waals surface area contributed by atoms with Crippen LogP contribution in [0.25, 0.3) is 0 Å². The molecule has 0 aliphatic heterocycles. The Labute approximate surface area is 94.9 Å². The van der Waals surface area contributed by atoms with Crippen molar-refractivity contribution in [2.45, 2.75) is 25.8 Å². The second-order valence-corrected chi connectivity index (χ2v) is 3.44. The molecule has 4 heteroatoms. The van der Waals surface area contributed by atoms with Gasteiger partial charge in [0.25, 0.3) is 0 Å². The molecule has 1 rings (SSSR count). The van der Waals surface area contributed by atoms with E-state index < -0.39 is 0 Å². The van der Waals surface area contributed by atoms with Crippen LogP contribution in [0.3, 0.4) is 0 Å². The molecule has 14 heavy (non-hydrogen) atoms. The molecule has 1 atom stereocenters. The minimum Gasteiger partial charge on any atom is -0.324 e. The molecule has 2 N–H and O–H groups in total. The van der Waals surface area contributed by atoms with Crippen molar-refractivity contribution in [3.8, 4) is 0 Å². The third kappa shape index (κ3) is 3.12. The molecule has 0 saturated heterocycles. The van der Waals surface area contributed by atoms with Gasteiger partial charge in [-0.25, -0.2) is 4.39 Å². The Balaban J connectivity index is 0.00000169. The van der Waals surface area contributed by atoms with E-state index in [1.807, 2.05) is 6.92 Å². The van der Waals surface area contributed by atoms with Crippen LogP contribution in [-0.4, -0.2) is 0 Å². The van der Waals surface area contributed by atoms with Gasteiger partial charge in [0.2, 0.25) is 0 Å². The normalized spacial score (nSPS) is 12.0. The second kappa shape index (κ2) is 6.23. The minimum absolute atomic E-state index is 0. The van der Waals surface area contributed by atoms with Crippen molar-refractivity contribution >= 4 is 24.0 Å². The van der Waals surface area contributed by atoms with E-state index >= 15 is 0 Å². The second-order valence-electron chi connectivity index (χ2n) is 3.03. The zero-order valence-electron chi connectivity index (χ0n) is 7.97. The van der Waals surface area contributed by atoms with Crippen molar-refractivity contribution in [2.24, 2.45) is 5.73 Å². The van der Waals surface area contributed by atoms with Crippen molar-refractivity contribution in [1.29, 1.82) is 0 Å². The van der Waals surface area contributed by atoms with Gasteiger partial charge in [0.15, 0.2) is 0 Å². The summed E-state index contributed by atoms with van der Waals surface area (Å²) in [5.41, 5.74) is 6.22. The minimum atomic E-state index is -0.312. The van der Waals surface area contributed by atoms with Crippen LogP contribution in [0.2, 0.25) is 5.02 Å². The van der Waals surface area contributed by atoms with Crippen LogP contribution in [-0.2, 0) is 0 Å². The highest BCUT2D eigenvalue weighted by molar-refractivity contribution is 6.31. The van der Waals surface area contributed by atoms with Gasteiger partial charge < -0.3 is 5.73 Å². The van der Waals surface area contributed by atoms with Crippen LogP contribution in [0.1, 0.15) is 31.4 Å². The van der Waals surface area contributed by atoms with Crippen molar-refractivity contribution in [1.82, 2.24) is 0 Å². The Morgan fingerprint density at radius 1 is 1.50 bits per heavy atom. The highest BCUT2D eigenvalue weighted by Gasteiger charge is 2.13. The lowest BCUT2D eigenvalue weighted by molar-refractivity contribution is 0.560. The molecule has 1 nitrogen and oxygen atoms in total.